The minimum absolute atomic E-state index is 0.0390. The summed E-state index contributed by atoms with van der Waals surface area (Å²) in [6, 6.07) is 15.0. The van der Waals surface area contributed by atoms with Gasteiger partial charge < -0.3 is 5.73 Å². The van der Waals surface area contributed by atoms with Crippen molar-refractivity contribution in [1.82, 2.24) is 0 Å². The number of anilines is 1. The van der Waals surface area contributed by atoms with Crippen molar-refractivity contribution in [3.63, 3.8) is 0 Å². The average molecular weight is 237 g/mol. The lowest BCUT2D eigenvalue weighted by molar-refractivity contribution is 0.104. The maximum Gasteiger partial charge on any atom is 0.185 e. The number of carbonyl (C=O) groups excluding carboxylic acids is 1. The third kappa shape index (κ3) is 3.08. The summed E-state index contributed by atoms with van der Waals surface area (Å²) in [4.78, 5) is 11.9. The molecule has 2 aromatic rings. The second-order valence-electron chi connectivity index (χ2n) is 4.23. The van der Waals surface area contributed by atoms with E-state index in [9.17, 15) is 4.79 Å². The number of nitrogen functional groups attached to an aromatic ring is 1. The van der Waals surface area contributed by atoms with Gasteiger partial charge in [0.2, 0.25) is 0 Å². The zero-order chi connectivity index (χ0) is 13.0. The first-order valence-electron chi connectivity index (χ1n) is 5.80. The van der Waals surface area contributed by atoms with Crippen LogP contribution in [-0.4, -0.2) is 5.78 Å². The number of carbonyl (C=O) groups is 1. The number of rotatable bonds is 3. The largest absolute Gasteiger partial charge is 0.399 e. The van der Waals surface area contributed by atoms with Gasteiger partial charge in [-0.25, -0.2) is 0 Å². The van der Waals surface area contributed by atoms with Crippen LogP contribution in [0.4, 0.5) is 5.69 Å². The number of hydrogen-bond donors (Lipinski definition) is 1. The van der Waals surface area contributed by atoms with E-state index in [0.717, 1.165) is 5.56 Å². The van der Waals surface area contributed by atoms with Gasteiger partial charge in [-0.3, -0.25) is 4.79 Å². The molecule has 0 aliphatic heterocycles. The molecule has 0 bridgehead atoms. The summed E-state index contributed by atoms with van der Waals surface area (Å²) in [5, 5.41) is 0. The lowest BCUT2D eigenvalue weighted by Crippen LogP contribution is -1.95. The number of benzene rings is 2. The SMILES string of the molecule is Cc1ccc(/C=C/C(=O)c2cccc(N)c2)cc1. The van der Waals surface area contributed by atoms with Crippen LogP contribution in [0.1, 0.15) is 21.5 Å². The van der Waals surface area contributed by atoms with Crippen molar-refractivity contribution in [2.75, 3.05) is 5.73 Å². The Kier molecular flexibility index (Phi) is 3.58. The fourth-order valence-corrected chi connectivity index (χ4v) is 1.64. The molecule has 0 saturated heterocycles. The highest BCUT2D eigenvalue weighted by Gasteiger charge is 2.01. The maximum atomic E-state index is 11.9. The number of aryl methyl sites for hydroxylation is 1. The van der Waals surface area contributed by atoms with Crippen LogP contribution in [0.25, 0.3) is 6.08 Å². The van der Waals surface area contributed by atoms with Crippen molar-refractivity contribution in [2.24, 2.45) is 0 Å². The van der Waals surface area contributed by atoms with Crippen molar-refractivity contribution < 1.29 is 4.79 Å². The van der Waals surface area contributed by atoms with Gasteiger partial charge in [-0.1, -0.05) is 48.0 Å². The van der Waals surface area contributed by atoms with E-state index in [2.05, 4.69) is 0 Å². The van der Waals surface area contributed by atoms with E-state index in [1.54, 1.807) is 30.3 Å². The predicted octanol–water partition coefficient (Wildman–Crippen LogP) is 3.47. The van der Waals surface area contributed by atoms with Crippen LogP contribution in [0.2, 0.25) is 0 Å². The normalized spacial score (nSPS) is 10.7. The lowest BCUT2D eigenvalue weighted by Gasteiger charge is -1.98. The Bertz CT molecular complexity index is 582. The molecule has 0 atom stereocenters. The first-order valence-corrected chi connectivity index (χ1v) is 5.80. The van der Waals surface area contributed by atoms with Gasteiger partial charge in [0.05, 0.1) is 0 Å². The summed E-state index contributed by atoms with van der Waals surface area (Å²) in [5.74, 6) is -0.0390. The van der Waals surface area contributed by atoms with E-state index in [-0.39, 0.29) is 5.78 Å². The number of allylic oxidation sites excluding steroid dienone is 1. The van der Waals surface area contributed by atoms with Gasteiger partial charge in [0.1, 0.15) is 0 Å². The number of nitrogens with two attached hydrogens (primary N) is 1. The number of hydrogen-bond acceptors (Lipinski definition) is 2. The minimum atomic E-state index is -0.0390. The van der Waals surface area contributed by atoms with Crippen molar-refractivity contribution in [3.8, 4) is 0 Å². The second kappa shape index (κ2) is 5.32. The topological polar surface area (TPSA) is 43.1 Å². The van der Waals surface area contributed by atoms with Gasteiger partial charge in [0.15, 0.2) is 5.78 Å². The molecule has 2 rings (SSSR count). The van der Waals surface area contributed by atoms with E-state index >= 15 is 0 Å². The van der Waals surface area contributed by atoms with Crippen molar-refractivity contribution in [1.29, 1.82) is 0 Å². The molecule has 0 aliphatic rings. The Morgan fingerprint density at radius 1 is 1.11 bits per heavy atom. The molecule has 90 valence electrons. The quantitative estimate of drug-likeness (QED) is 0.504. The van der Waals surface area contributed by atoms with E-state index in [4.69, 9.17) is 5.73 Å². The average Bonchev–Trinajstić information content (AvgIpc) is 2.38. The molecule has 2 nitrogen and oxygen atoms in total. The van der Waals surface area contributed by atoms with Gasteiger partial charge in [-0.2, -0.15) is 0 Å². The van der Waals surface area contributed by atoms with Crippen molar-refractivity contribution in [3.05, 3.63) is 71.3 Å². The monoisotopic (exact) mass is 237 g/mol. The van der Waals surface area contributed by atoms with Crippen LogP contribution < -0.4 is 5.73 Å². The summed E-state index contributed by atoms with van der Waals surface area (Å²) in [7, 11) is 0. The Hall–Kier alpha value is -2.35. The van der Waals surface area contributed by atoms with Gasteiger partial charge >= 0.3 is 0 Å². The molecule has 2 heteroatoms. The summed E-state index contributed by atoms with van der Waals surface area (Å²) in [6.45, 7) is 2.03. The smallest absolute Gasteiger partial charge is 0.185 e. The highest BCUT2D eigenvalue weighted by molar-refractivity contribution is 6.07. The standard InChI is InChI=1S/C16H15NO/c1-12-5-7-13(8-6-12)9-10-16(18)14-3-2-4-15(17)11-14/h2-11H,17H2,1H3/b10-9+. The minimum Gasteiger partial charge on any atom is -0.399 e. The molecule has 0 aliphatic carbocycles. The van der Waals surface area contributed by atoms with Crippen molar-refractivity contribution in [2.45, 2.75) is 6.92 Å². The summed E-state index contributed by atoms with van der Waals surface area (Å²) >= 11 is 0. The first kappa shape index (κ1) is 12.1. The van der Waals surface area contributed by atoms with Crippen LogP contribution in [0.5, 0.6) is 0 Å². The Morgan fingerprint density at radius 3 is 2.50 bits per heavy atom. The highest BCUT2D eigenvalue weighted by atomic mass is 16.1. The van der Waals surface area contributed by atoms with E-state index < -0.39 is 0 Å². The molecule has 2 aromatic carbocycles. The van der Waals surface area contributed by atoms with E-state index in [1.165, 1.54) is 5.56 Å². The van der Waals surface area contributed by atoms with Crippen LogP contribution in [0, 0.1) is 6.92 Å². The van der Waals surface area contributed by atoms with Gasteiger partial charge in [0, 0.05) is 11.3 Å². The fraction of sp³-hybridized carbons (Fsp3) is 0.0625. The third-order valence-corrected chi connectivity index (χ3v) is 2.68. The highest BCUT2D eigenvalue weighted by Crippen LogP contribution is 2.10. The zero-order valence-electron chi connectivity index (χ0n) is 10.3. The van der Waals surface area contributed by atoms with Crippen molar-refractivity contribution >= 4 is 17.5 Å². The molecular weight excluding hydrogens is 222 g/mol. The fourth-order valence-electron chi connectivity index (χ4n) is 1.64. The summed E-state index contributed by atoms with van der Waals surface area (Å²) < 4.78 is 0. The lowest BCUT2D eigenvalue weighted by atomic mass is 10.1. The van der Waals surface area contributed by atoms with Crippen LogP contribution >= 0.6 is 0 Å². The Labute approximate surface area is 107 Å². The molecular formula is C16H15NO. The van der Waals surface area contributed by atoms with Gasteiger partial charge in [-0.05, 0) is 30.7 Å². The third-order valence-electron chi connectivity index (χ3n) is 2.68. The molecule has 0 heterocycles. The summed E-state index contributed by atoms with van der Waals surface area (Å²) in [5.41, 5.74) is 9.07. The molecule has 2 N–H and O–H groups in total. The Balaban J connectivity index is 2.14. The molecule has 0 aromatic heterocycles. The van der Waals surface area contributed by atoms with Crippen LogP contribution in [0.15, 0.2) is 54.6 Å². The molecule has 0 saturated carbocycles. The summed E-state index contributed by atoms with van der Waals surface area (Å²) in [6.07, 6.45) is 3.38. The van der Waals surface area contributed by atoms with Crippen LogP contribution in [-0.2, 0) is 0 Å². The predicted molar refractivity (Wildman–Crippen MR) is 75.4 cm³/mol. The van der Waals surface area contributed by atoms with Crippen LogP contribution in [0.3, 0.4) is 0 Å². The molecule has 0 fully saturated rings. The number of ketones is 1. The Morgan fingerprint density at radius 2 is 1.83 bits per heavy atom. The molecule has 0 spiro atoms. The molecule has 0 amide bonds. The van der Waals surface area contributed by atoms with E-state index in [0.29, 0.717) is 11.3 Å². The van der Waals surface area contributed by atoms with Gasteiger partial charge in [-0.15, -0.1) is 0 Å². The van der Waals surface area contributed by atoms with Gasteiger partial charge in [0.25, 0.3) is 0 Å². The maximum absolute atomic E-state index is 11.9. The first-order chi connectivity index (χ1) is 8.65. The van der Waals surface area contributed by atoms with E-state index in [1.807, 2.05) is 37.3 Å². The molecule has 18 heavy (non-hydrogen) atoms. The zero-order valence-corrected chi connectivity index (χ0v) is 10.3. The molecule has 0 unspecified atom stereocenters. The second-order valence-corrected chi connectivity index (χ2v) is 4.23. The molecule has 0 radical (unpaired) electrons.